The number of rotatable bonds is 5. The summed E-state index contributed by atoms with van der Waals surface area (Å²) in [6.45, 7) is 6.87. The van der Waals surface area contributed by atoms with E-state index in [0.717, 1.165) is 11.2 Å². The molecule has 100 valence electrons. The maximum Gasteiger partial charge on any atom is 0.0214 e. The van der Waals surface area contributed by atoms with Crippen LogP contribution in [0.2, 0.25) is 0 Å². The van der Waals surface area contributed by atoms with Gasteiger partial charge in [0.1, 0.15) is 0 Å². The maximum absolute atomic E-state index is 2.49. The van der Waals surface area contributed by atoms with E-state index in [2.05, 4.69) is 51.3 Å². The van der Waals surface area contributed by atoms with Crippen LogP contribution in [0.5, 0.6) is 0 Å². The van der Waals surface area contributed by atoms with Crippen molar-refractivity contribution in [3.05, 3.63) is 11.5 Å². The Hall–Kier alpha value is 0.0500. The Bertz CT molecular complexity index is 239. The monoisotopic (exact) mass is 255 g/mol. The van der Waals surface area contributed by atoms with E-state index in [4.69, 9.17) is 0 Å². The lowest BCUT2D eigenvalue weighted by Gasteiger charge is -2.46. The molecule has 0 aliphatic heterocycles. The van der Waals surface area contributed by atoms with Crippen LogP contribution in [0.4, 0.5) is 0 Å². The van der Waals surface area contributed by atoms with Crippen molar-refractivity contribution < 1.29 is 0 Å². The first-order valence-electron chi connectivity index (χ1n) is 6.94. The molecule has 17 heavy (non-hydrogen) atoms. The predicted molar refractivity (Wildman–Crippen MR) is 80.5 cm³/mol. The number of nitrogens with zero attached hydrogens (tertiary/aromatic N) is 1. The summed E-state index contributed by atoms with van der Waals surface area (Å²) in [5.74, 6) is 0.932. The van der Waals surface area contributed by atoms with Crippen LogP contribution in [0.25, 0.3) is 0 Å². The summed E-state index contributed by atoms with van der Waals surface area (Å²) >= 11 is 1.98. The van der Waals surface area contributed by atoms with E-state index in [1.54, 1.807) is 0 Å². The molecular formula is C15H29NS. The molecule has 1 aliphatic carbocycles. The number of thioether (sulfide) groups is 1. The molecule has 1 aliphatic rings. The van der Waals surface area contributed by atoms with Gasteiger partial charge in [-0.2, -0.15) is 0 Å². The van der Waals surface area contributed by atoms with Crippen LogP contribution >= 0.6 is 11.8 Å². The van der Waals surface area contributed by atoms with Crippen molar-refractivity contribution in [3.8, 4) is 0 Å². The average Bonchev–Trinajstić information content (AvgIpc) is 2.29. The van der Waals surface area contributed by atoms with Gasteiger partial charge < -0.3 is 4.90 Å². The van der Waals surface area contributed by atoms with Crippen LogP contribution in [0, 0.1) is 5.92 Å². The Kier molecular flexibility index (Phi) is 6.08. The zero-order valence-electron chi connectivity index (χ0n) is 12.2. The van der Waals surface area contributed by atoms with Gasteiger partial charge in [0.2, 0.25) is 0 Å². The summed E-state index contributed by atoms with van der Waals surface area (Å²) in [5, 5.41) is 2.96. The second kappa shape index (κ2) is 6.84. The van der Waals surface area contributed by atoms with Crippen molar-refractivity contribution in [3.63, 3.8) is 0 Å². The molecule has 1 fully saturated rings. The third-order valence-electron chi connectivity index (χ3n) is 4.27. The lowest BCUT2D eigenvalue weighted by atomic mass is 9.74. The summed E-state index contributed by atoms with van der Waals surface area (Å²) in [6.07, 6.45) is 9.02. The Balaban J connectivity index is 2.59. The summed E-state index contributed by atoms with van der Waals surface area (Å²) in [7, 11) is 4.53. The van der Waals surface area contributed by atoms with Crippen molar-refractivity contribution in [2.75, 3.05) is 14.1 Å². The van der Waals surface area contributed by atoms with Crippen molar-refractivity contribution in [1.82, 2.24) is 4.90 Å². The van der Waals surface area contributed by atoms with Crippen molar-refractivity contribution in [2.24, 2.45) is 5.92 Å². The molecule has 0 heterocycles. The number of hydrogen-bond donors (Lipinski definition) is 0. The van der Waals surface area contributed by atoms with Gasteiger partial charge in [-0.1, -0.05) is 19.9 Å². The Morgan fingerprint density at radius 3 is 2.41 bits per heavy atom. The zero-order valence-corrected chi connectivity index (χ0v) is 13.0. The molecule has 1 atom stereocenters. The summed E-state index contributed by atoms with van der Waals surface area (Å²) in [4.78, 5) is 2.49. The van der Waals surface area contributed by atoms with Crippen molar-refractivity contribution in [2.45, 2.75) is 63.7 Å². The van der Waals surface area contributed by atoms with Gasteiger partial charge in [0, 0.05) is 10.8 Å². The van der Waals surface area contributed by atoms with Gasteiger partial charge in [0.25, 0.3) is 0 Å². The quantitative estimate of drug-likeness (QED) is 0.709. The van der Waals surface area contributed by atoms with E-state index >= 15 is 0 Å². The minimum atomic E-state index is 0.459. The molecule has 0 saturated heterocycles. The second-order valence-electron chi connectivity index (χ2n) is 5.92. The SMILES string of the molecule is C/C=C\SC(C)CC1(N(C)C)CCC(C)CC1. The molecule has 1 unspecified atom stereocenters. The fourth-order valence-electron chi connectivity index (χ4n) is 2.93. The molecule has 0 aromatic heterocycles. The minimum absolute atomic E-state index is 0.459. The van der Waals surface area contributed by atoms with Gasteiger partial charge in [-0.25, -0.2) is 0 Å². The second-order valence-corrected chi connectivity index (χ2v) is 7.27. The van der Waals surface area contributed by atoms with E-state index in [0.29, 0.717) is 5.54 Å². The van der Waals surface area contributed by atoms with Crippen LogP contribution in [0.1, 0.15) is 52.9 Å². The van der Waals surface area contributed by atoms with Crippen LogP contribution in [0.3, 0.4) is 0 Å². The predicted octanol–water partition coefficient (Wildman–Crippen LogP) is 4.54. The third kappa shape index (κ3) is 4.33. The van der Waals surface area contributed by atoms with Gasteiger partial charge in [-0.3, -0.25) is 0 Å². The summed E-state index contributed by atoms with van der Waals surface area (Å²) in [5.41, 5.74) is 0.459. The average molecular weight is 255 g/mol. The Morgan fingerprint density at radius 2 is 1.94 bits per heavy atom. The molecule has 0 aromatic rings. The zero-order chi connectivity index (χ0) is 12.9. The molecule has 0 bridgehead atoms. The molecule has 2 heteroatoms. The molecule has 0 aromatic carbocycles. The van der Waals surface area contributed by atoms with E-state index in [1.165, 1.54) is 32.1 Å². The highest BCUT2D eigenvalue weighted by atomic mass is 32.2. The minimum Gasteiger partial charge on any atom is -0.304 e. The number of allylic oxidation sites excluding steroid dienone is 1. The summed E-state index contributed by atoms with van der Waals surface area (Å²) in [6, 6.07) is 0. The van der Waals surface area contributed by atoms with Gasteiger partial charge >= 0.3 is 0 Å². The molecule has 0 amide bonds. The van der Waals surface area contributed by atoms with E-state index in [-0.39, 0.29) is 0 Å². The third-order valence-corrected chi connectivity index (χ3v) is 5.33. The van der Waals surface area contributed by atoms with Crippen LogP contribution in [0.15, 0.2) is 11.5 Å². The van der Waals surface area contributed by atoms with Gasteiger partial charge in [0.15, 0.2) is 0 Å². The molecule has 0 spiro atoms. The topological polar surface area (TPSA) is 3.24 Å². The lowest BCUT2D eigenvalue weighted by Crippen LogP contribution is -2.48. The normalized spacial score (nSPS) is 32.2. The molecule has 1 saturated carbocycles. The van der Waals surface area contributed by atoms with Gasteiger partial charge in [-0.05, 0) is 64.4 Å². The summed E-state index contributed by atoms with van der Waals surface area (Å²) < 4.78 is 0. The van der Waals surface area contributed by atoms with Gasteiger partial charge in [-0.15, -0.1) is 11.8 Å². The molecule has 0 N–H and O–H groups in total. The van der Waals surface area contributed by atoms with Gasteiger partial charge in [0.05, 0.1) is 0 Å². The first-order chi connectivity index (χ1) is 8.00. The van der Waals surface area contributed by atoms with Crippen molar-refractivity contribution in [1.29, 1.82) is 0 Å². The first-order valence-corrected chi connectivity index (χ1v) is 7.88. The highest BCUT2D eigenvalue weighted by molar-refractivity contribution is 8.02. The van der Waals surface area contributed by atoms with E-state index < -0.39 is 0 Å². The fraction of sp³-hybridized carbons (Fsp3) is 0.867. The first kappa shape index (κ1) is 15.1. The highest BCUT2D eigenvalue weighted by Crippen LogP contribution is 2.40. The molecule has 1 nitrogen and oxygen atoms in total. The maximum atomic E-state index is 2.49. The van der Waals surface area contributed by atoms with Crippen LogP contribution in [-0.2, 0) is 0 Å². The van der Waals surface area contributed by atoms with Crippen LogP contribution < -0.4 is 0 Å². The Morgan fingerprint density at radius 1 is 1.35 bits per heavy atom. The molecule has 1 rings (SSSR count). The Labute approximate surface area is 112 Å². The largest absolute Gasteiger partial charge is 0.304 e. The smallest absolute Gasteiger partial charge is 0.0214 e. The van der Waals surface area contributed by atoms with Crippen LogP contribution in [-0.4, -0.2) is 29.8 Å². The van der Waals surface area contributed by atoms with Crippen molar-refractivity contribution >= 4 is 11.8 Å². The number of hydrogen-bond acceptors (Lipinski definition) is 2. The van der Waals surface area contributed by atoms with E-state index in [1.807, 2.05) is 11.8 Å². The molecular weight excluding hydrogens is 226 g/mol. The standard InChI is InChI=1S/C15H29NS/c1-6-11-17-14(3)12-15(16(4)5)9-7-13(2)8-10-15/h6,11,13-14H,7-10,12H2,1-5H3/b11-6-. The molecule has 0 radical (unpaired) electrons. The lowest BCUT2D eigenvalue weighted by molar-refractivity contribution is 0.0748. The highest BCUT2D eigenvalue weighted by Gasteiger charge is 2.37. The van der Waals surface area contributed by atoms with E-state index in [9.17, 15) is 0 Å². The fourth-order valence-corrected chi connectivity index (χ4v) is 3.76.